The van der Waals surface area contributed by atoms with E-state index in [0.29, 0.717) is 37.2 Å². The first-order valence-corrected chi connectivity index (χ1v) is 8.47. The number of hydrogen-bond donors (Lipinski definition) is 3. The quantitative estimate of drug-likeness (QED) is 0.623. The van der Waals surface area contributed by atoms with Crippen LogP contribution >= 0.6 is 0 Å². The number of aliphatic hydroxyl groups excluding tert-OH is 1. The summed E-state index contributed by atoms with van der Waals surface area (Å²) in [6, 6.07) is 5.31. The van der Waals surface area contributed by atoms with Gasteiger partial charge in [-0.2, -0.15) is 0 Å². The normalized spacial score (nSPS) is 19.3. The van der Waals surface area contributed by atoms with E-state index in [0.717, 1.165) is 5.56 Å². The van der Waals surface area contributed by atoms with E-state index in [-0.39, 0.29) is 25.5 Å². The number of carbonyl (C=O) groups is 2. The number of ether oxygens (including phenoxy) is 1. The molecule has 1 heterocycles. The van der Waals surface area contributed by atoms with Crippen LogP contribution in [0.5, 0.6) is 5.75 Å². The van der Waals surface area contributed by atoms with E-state index < -0.39 is 18.0 Å². The Morgan fingerprint density at radius 3 is 2.32 bits per heavy atom. The van der Waals surface area contributed by atoms with E-state index in [9.17, 15) is 14.7 Å². The number of aliphatic carboxylic acids is 2. The van der Waals surface area contributed by atoms with Gasteiger partial charge in [0.1, 0.15) is 18.5 Å². The predicted octanol–water partition coefficient (Wildman–Crippen LogP) is 1.82. The summed E-state index contributed by atoms with van der Waals surface area (Å²) in [5.74, 6) is -1.07. The highest BCUT2D eigenvalue weighted by atomic mass is 16.5. The lowest BCUT2D eigenvalue weighted by atomic mass is 9.96. The van der Waals surface area contributed by atoms with Crippen molar-refractivity contribution in [3.8, 4) is 5.75 Å². The third kappa shape index (κ3) is 5.44. The van der Waals surface area contributed by atoms with Crippen molar-refractivity contribution < 1.29 is 29.6 Å². The van der Waals surface area contributed by atoms with Crippen molar-refractivity contribution in [2.24, 2.45) is 0 Å². The maximum atomic E-state index is 10.8. The molecular weight excluding hydrogens is 326 g/mol. The molecule has 0 bridgehead atoms. The molecule has 0 saturated carbocycles. The number of rotatable bonds is 9. The van der Waals surface area contributed by atoms with E-state index in [1.807, 2.05) is 30.0 Å². The number of fused-ring (bicyclic) bond motifs is 1. The SMILES string of the molecule is Cc1ccc2c(c1)OC[C@@H](N(CCCC(=O)O)CCCC(=O)O)[C@H]2O. The third-order valence-electron chi connectivity index (χ3n) is 4.40. The molecule has 138 valence electrons. The maximum Gasteiger partial charge on any atom is 0.303 e. The van der Waals surface area contributed by atoms with Gasteiger partial charge in [-0.25, -0.2) is 0 Å². The molecule has 7 heteroatoms. The minimum Gasteiger partial charge on any atom is -0.491 e. The summed E-state index contributed by atoms with van der Waals surface area (Å²) in [5, 5.41) is 28.4. The standard InChI is InChI=1S/C18H25NO6/c1-12-6-7-13-15(10-12)25-11-14(18(13)24)19(8-2-4-16(20)21)9-3-5-17(22)23/h6-7,10,14,18,24H,2-5,8-9,11H2,1H3,(H,20,21)(H,22,23)/t14-,18+/m1/s1. The second-order valence-corrected chi connectivity index (χ2v) is 6.40. The number of aryl methyl sites for hydroxylation is 1. The summed E-state index contributed by atoms with van der Waals surface area (Å²) in [6.45, 7) is 3.18. The Hall–Kier alpha value is -2.12. The van der Waals surface area contributed by atoms with Crippen molar-refractivity contribution in [3.05, 3.63) is 29.3 Å². The van der Waals surface area contributed by atoms with Crippen molar-refractivity contribution in [2.75, 3.05) is 19.7 Å². The zero-order valence-electron chi connectivity index (χ0n) is 14.4. The predicted molar refractivity (Wildman–Crippen MR) is 90.7 cm³/mol. The molecule has 1 aliphatic rings. The second-order valence-electron chi connectivity index (χ2n) is 6.40. The fraction of sp³-hybridized carbons (Fsp3) is 0.556. The highest BCUT2D eigenvalue weighted by Crippen LogP contribution is 2.35. The van der Waals surface area contributed by atoms with E-state index in [1.54, 1.807) is 0 Å². The first-order chi connectivity index (χ1) is 11.9. The van der Waals surface area contributed by atoms with Gasteiger partial charge in [-0.15, -0.1) is 0 Å². The number of hydrogen-bond acceptors (Lipinski definition) is 5. The average molecular weight is 351 g/mol. The number of benzene rings is 1. The zero-order valence-corrected chi connectivity index (χ0v) is 14.4. The van der Waals surface area contributed by atoms with Crippen molar-refractivity contribution in [1.82, 2.24) is 4.90 Å². The molecule has 0 aliphatic carbocycles. The summed E-state index contributed by atoms with van der Waals surface area (Å²) in [6.07, 6.45) is 0.196. The van der Waals surface area contributed by atoms with Crippen molar-refractivity contribution in [1.29, 1.82) is 0 Å². The van der Waals surface area contributed by atoms with Crippen LogP contribution in [-0.2, 0) is 9.59 Å². The molecule has 0 fully saturated rings. The number of carboxylic acid groups (broad SMARTS) is 2. The molecule has 7 nitrogen and oxygen atoms in total. The van der Waals surface area contributed by atoms with E-state index in [1.165, 1.54) is 0 Å². The molecule has 3 N–H and O–H groups in total. The largest absolute Gasteiger partial charge is 0.491 e. The molecule has 0 aromatic heterocycles. The Bertz CT molecular complexity index is 598. The van der Waals surface area contributed by atoms with Crippen LogP contribution in [0.4, 0.5) is 0 Å². The Balaban J connectivity index is 2.07. The third-order valence-corrected chi connectivity index (χ3v) is 4.40. The second kappa shape index (κ2) is 8.82. The number of carboxylic acids is 2. The lowest BCUT2D eigenvalue weighted by Gasteiger charge is -2.38. The Morgan fingerprint density at radius 2 is 1.76 bits per heavy atom. The minimum atomic E-state index is -0.869. The molecule has 0 unspecified atom stereocenters. The first-order valence-electron chi connectivity index (χ1n) is 8.47. The van der Waals surface area contributed by atoms with E-state index >= 15 is 0 Å². The average Bonchev–Trinajstić information content (AvgIpc) is 2.53. The van der Waals surface area contributed by atoms with Crippen LogP contribution < -0.4 is 4.74 Å². The number of nitrogens with zero attached hydrogens (tertiary/aromatic N) is 1. The first kappa shape index (κ1) is 19.2. The molecule has 1 aromatic carbocycles. The van der Waals surface area contributed by atoms with Gasteiger partial charge in [0, 0.05) is 18.4 Å². The molecule has 0 amide bonds. The van der Waals surface area contributed by atoms with Crippen molar-refractivity contribution in [2.45, 2.75) is 44.8 Å². The zero-order chi connectivity index (χ0) is 18.4. The minimum absolute atomic E-state index is 0.0366. The lowest BCUT2D eigenvalue weighted by molar-refractivity contribution is -0.138. The van der Waals surface area contributed by atoms with Gasteiger partial charge in [-0.1, -0.05) is 12.1 Å². The summed E-state index contributed by atoms with van der Waals surface area (Å²) >= 11 is 0. The van der Waals surface area contributed by atoms with E-state index in [4.69, 9.17) is 14.9 Å². The molecule has 0 radical (unpaired) electrons. The highest BCUT2D eigenvalue weighted by molar-refractivity contribution is 5.66. The summed E-state index contributed by atoms with van der Waals surface area (Å²) in [5.41, 5.74) is 1.76. The van der Waals surface area contributed by atoms with Gasteiger partial charge >= 0.3 is 11.9 Å². The van der Waals surface area contributed by atoms with Crippen molar-refractivity contribution in [3.63, 3.8) is 0 Å². The topological polar surface area (TPSA) is 107 Å². The van der Waals surface area contributed by atoms with Gasteiger partial charge in [-0.3, -0.25) is 14.5 Å². The summed E-state index contributed by atoms with van der Waals surface area (Å²) in [7, 11) is 0. The number of aliphatic hydroxyl groups is 1. The molecule has 1 aromatic rings. The van der Waals surface area contributed by atoms with Crippen molar-refractivity contribution >= 4 is 11.9 Å². The van der Waals surface area contributed by atoms with Crippen LogP contribution in [0.25, 0.3) is 0 Å². The monoisotopic (exact) mass is 351 g/mol. The molecule has 0 saturated heterocycles. The molecule has 2 atom stereocenters. The summed E-state index contributed by atoms with van der Waals surface area (Å²) < 4.78 is 5.79. The maximum absolute atomic E-state index is 10.8. The van der Waals surface area contributed by atoms with Crippen LogP contribution in [-0.4, -0.2) is 57.9 Å². The fourth-order valence-corrected chi connectivity index (χ4v) is 3.10. The van der Waals surface area contributed by atoms with Crippen LogP contribution in [0.15, 0.2) is 18.2 Å². The molecule has 25 heavy (non-hydrogen) atoms. The van der Waals surface area contributed by atoms with Gasteiger partial charge < -0.3 is 20.1 Å². The van der Waals surface area contributed by atoms with Crippen LogP contribution in [0.2, 0.25) is 0 Å². The smallest absolute Gasteiger partial charge is 0.303 e. The Morgan fingerprint density at radius 1 is 1.16 bits per heavy atom. The molecular formula is C18H25NO6. The van der Waals surface area contributed by atoms with Crippen LogP contribution in [0.1, 0.15) is 42.9 Å². The van der Waals surface area contributed by atoms with E-state index in [2.05, 4.69) is 0 Å². The molecule has 0 spiro atoms. The summed E-state index contributed by atoms with van der Waals surface area (Å²) in [4.78, 5) is 23.4. The van der Waals surface area contributed by atoms with Crippen LogP contribution in [0, 0.1) is 6.92 Å². The van der Waals surface area contributed by atoms with Gasteiger partial charge in [0.2, 0.25) is 0 Å². The van der Waals surface area contributed by atoms with Gasteiger partial charge in [-0.05, 0) is 44.5 Å². The Labute approximate surface area is 146 Å². The fourth-order valence-electron chi connectivity index (χ4n) is 3.10. The molecule has 2 rings (SSSR count). The molecule has 1 aliphatic heterocycles. The van der Waals surface area contributed by atoms with Gasteiger partial charge in [0.25, 0.3) is 0 Å². The highest BCUT2D eigenvalue weighted by Gasteiger charge is 2.33. The van der Waals surface area contributed by atoms with Crippen LogP contribution in [0.3, 0.4) is 0 Å². The van der Waals surface area contributed by atoms with Gasteiger partial charge in [0.15, 0.2) is 0 Å². The van der Waals surface area contributed by atoms with Gasteiger partial charge in [0.05, 0.1) is 6.04 Å². The lowest BCUT2D eigenvalue weighted by Crippen LogP contribution is -2.47. The Kier molecular flexibility index (Phi) is 6.78.